The number of hydrogen-bond donors (Lipinski definition) is 0. The zero-order valence-electron chi connectivity index (χ0n) is 14.8. The predicted octanol–water partition coefficient (Wildman–Crippen LogP) is 5.42. The van der Waals surface area contributed by atoms with Gasteiger partial charge in [0.25, 0.3) is 0 Å². The number of Topliss-reactive ketones (excluding diaryl/α,β-unsaturated/α-hetero) is 1. The second kappa shape index (κ2) is 7.67. The van der Waals surface area contributed by atoms with Gasteiger partial charge >= 0.3 is 0 Å². The number of allylic oxidation sites excluding steroid dienone is 1. The van der Waals surface area contributed by atoms with Crippen LogP contribution in [0.4, 0.5) is 0 Å². The summed E-state index contributed by atoms with van der Waals surface area (Å²) in [6, 6.07) is 22.5. The van der Waals surface area contributed by atoms with Crippen LogP contribution >= 0.6 is 0 Å². The fourth-order valence-corrected chi connectivity index (χ4v) is 2.83. The predicted molar refractivity (Wildman–Crippen MR) is 104 cm³/mol. The van der Waals surface area contributed by atoms with Crippen molar-refractivity contribution in [2.24, 2.45) is 0 Å². The summed E-state index contributed by atoms with van der Waals surface area (Å²) in [5.41, 5.74) is 1.43. The van der Waals surface area contributed by atoms with E-state index in [0.29, 0.717) is 5.56 Å². The summed E-state index contributed by atoms with van der Waals surface area (Å²) in [7, 11) is 0. The Bertz CT molecular complexity index is 1010. The molecule has 0 atom stereocenters. The van der Waals surface area contributed by atoms with Gasteiger partial charge in [0.15, 0.2) is 0 Å². The smallest absolute Gasteiger partial charge is 0.203 e. The van der Waals surface area contributed by atoms with E-state index in [9.17, 15) is 10.1 Å². The number of ether oxygens (including phenoxy) is 1. The van der Waals surface area contributed by atoms with Crippen molar-refractivity contribution < 1.29 is 9.53 Å². The van der Waals surface area contributed by atoms with Crippen LogP contribution < -0.4 is 4.74 Å². The van der Waals surface area contributed by atoms with E-state index in [4.69, 9.17) is 4.74 Å². The van der Waals surface area contributed by atoms with Gasteiger partial charge in [-0.15, -0.1) is 0 Å². The summed E-state index contributed by atoms with van der Waals surface area (Å²) in [6.45, 7) is 3.96. The van der Waals surface area contributed by atoms with Gasteiger partial charge in [0.2, 0.25) is 5.78 Å². The van der Waals surface area contributed by atoms with Gasteiger partial charge < -0.3 is 4.74 Å². The third kappa shape index (κ3) is 3.65. The Labute approximate surface area is 153 Å². The maximum absolute atomic E-state index is 12.6. The number of carbonyl (C=O) groups excluding carboxylic acids is 1. The summed E-state index contributed by atoms with van der Waals surface area (Å²) in [5.74, 6) is 0.514. The van der Waals surface area contributed by atoms with Gasteiger partial charge in [-0.3, -0.25) is 4.79 Å². The highest BCUT2D eigenvalue weighted by Gasteiger charge is 2.13. The normalized spacial score (nSPS) is 11.4. The molecule has 0 fully saturated rings. The molecule has 0 amide bonds. The van der Waals surface area contributed by atoms with Crippen LogP contribution in [0, 0.1) is 11.3 Å². The van der Waals surface area contributed by atoms with Crippen molar-refractivity contribution in [1.82, 2.24) is 0 Å². The minimum atomic E-state index is -0.278. The van der Waals surface area contributed by atoms with E-state index in [1.807, 2.05) is 62.4 Å². The van der Waals surface area contributed by atoms with Crippen LogP contribution in [0.2, 0.25) is 0 Å². The zero-order chi connectivity index (χ0) is 18.5. The Balaban J connectivity index is 2.09. The summed E-state index contributed by atoms with van der Waals surface area (Å²) in [6.07, 6.45) is 1.71. The first-order valence-corrected chi connectivity index (χ1v) is 8.50. The SMILES string of the molecule is CC(C)Oc1ccc(/C=C(\C#N)C(=O)c2ccccc2)c2ccccc12. The van der Waals surface area contributed by atoms with Crippen molar-refractivity contribution in [3.63, 3.8) is 0 Å². The number of nitriles is 1. The molecule has 3 rings (SSSR count). The third-order valence-electron chi connectivity index (χ3n) is 3.98. The summed E-state index contributed by atoms with van der Waals surface area (Å²) < 4.78 is 5.88. The first-order chi connectivity index (χ1) is 12.6. The molecule has 0 N–H and O–H groups in total. The molecule has 0 saturated heterocycles. The molecule has 128 valence electrons. The number of carbonyl (C=O) groups is 1. The topological polar surface area (TPSA) is 50.1 Å². The lowest BCUT2D eigenvalue weighted by atomic mass is 9.98. The molecule has 0 unspecified atom stereocenters. The molecule has 0 radical (unpaired) electrons. The van der Waals surface area contributed by atoms with Crippen molar-refractivity contribution in [2.75, 3.05) is 0 Å². The standard InChI is InChI=1S/C23H19NO2/c1-16(2)26-22-13-12-18(20-10-6-7-11-21(20)22)14-19(15-24)23(25)17-8-4-3-5-9-17/h3-14,16H,1-2H3/b19-14+. The minimum Gasteiger partial charge on any atom is -0.490 e. The number of fused-ring (bicyclic) bond motifs is 1. The molecule has 0 heterocycles. The molecule has 0 aliphatic carbocycles. The van der Waals surface area contributed by atoms with E-state index < -0.39 is 0 Å². The van der Waals surface area contributed by atoms with Crippen LogP contribution in [0.3, 0.4) is 0 Å². The number of ketones is 1. The molecule has 3 heteroatoms. The molecule has 0 aromatic heterocycles. The number of rotatable bonds is 5. The maximum atomic E-state index is 12.6. The van der Waals surface area contributed by atoms with Gasteiger partial charge in [-0.05, 0) is 36.9 Å². The molecule has 0 saturated carbocycles. The Morgan fingerprint density at radius 3 is 2.27 bits per heavy atom. The van der Waals surface area contributed by atoms with Gasteiger partial charge in [0.05, 0.1) is 6.10 Å². The van der Waals surface area contributed by atoms with E-state index in [-0.39, 0.29) is 17.5 Å². The van der Waals surface area contributed by atoms with Gasteiger partial charge in [0, 0.05) is 10.9 Å². The maximum Gasteiger partial charge on any atom is 0.203 e. The fourth-order valence-electron chi connectivity index (χ4n) is 2.83. The minimum absolute atomic E-state index is 0.0640. The van der Waals surface area contributed by atoms with E-state index in [1.165, 1.54) is 0 Å². The first-order valence-electron chi connectivity index (χ1n) is 8.50. The van der Waals surface area contributed by atoms with E-state index in [2.05, 4.69) is 0 Å². The zero-order valence-corrected chi connectivity index (χ0v) is 14.8. The lowest BCUT2D eigenvalue weighted by Crippen LogP contribution is -2.06. The van der Waals surface area contributed by atoms with Crippen LogP contribution in [0.1, 0.15) is 29.8 Å². The first kappa shape index (κ1) is 17.4. The van der Waals surface area contributed by atoms with Crippen LogP contribution in [-0.4, -0.2) is 11.9 Å². The van der Waals surface area contributed by atoms with Crippen LogP contribution in [0.5, 0.6) is 5.75 Å². The van der Waals surface area contributed by atoms with Crippen molar-refractivity contribution in [2.45, 2.75) is 20.0 Å². The molecule has 0 spiro atoms. The monoisotopic (exact) mass is 341 g/mol. The molecular weight excluding hydrogens is 322 g/mol. The highest BCUT2D eigenvalue weighted by atomic mass is 16.5. The summed E-state index contributed by atoms with van der Waals surface area (Å²) in [4.78, 5) is 12.6. The van der Waals surface area contributed by atoms with Crippen molar-refractivity contribution in [3.05, 3.63) is 83.4 Å². The largest absolute Gasteiger partial charge is 0.490 e. The Kier molecular flexibility index (Phi) is 5.15. The molecule has 0 aliphatic heterocycles. The fraction of sp³-hybridized carbons (Fsp3) is 0.130. The summed E-state index contributed by atoms with van der Waals surface area (Å²) >= 11 is 0. The summed E-state index contributed by atoms with van der Waals surface area (Å²) in [5, 5.41) is 11.4. The second-order valence-electron chi connectivity index (χ2n) is 6.23. The average Bonchev–Trinajstić information content (AvgIpc) is 2.67. The average molecular weight is 341 g/mol. The second-order valence-corrected chi connectivity index (χ2v) is 6.23. The van der Waals surface area contributed by atoms with Crippen LogP contribution in [-0.2, 0) is 0 Å². The van der Waals surface area contributed by atoms with Crippen LogP contribution in [0.25, 0.3) is 16.8 Å². The highest BCUT2D eigenvalue weighted by Crippen LogP contribution is 2.30. The van der Waals surface area contributed by atoms with Gasteiger partial charge in [0.1, 0.15) is 17.4 Å². The van der Waals surface area contributed by atoms with Crippen molar-refractivity contribution >= 4 is 22.6 Å². The van der Waals surface area contributed by atoms with Crippen LogP contribution in [0.15, 0.2) is 72.3 Å². The lowest BCUT2D eigenvalue weighted by Gasteiger charge is -2.14. The molecule has 3 nitrogen and oxygen atoms in total. The molecular formula is C23H19NO2. The van der Waals surface area contributed by atoms with Crippen molar-refractivity contribution in [1.29, 1.82) is 5.26 Å². The van der Waals surface area contributed by atoms with E-state index >= 15 is 0 Å². The van der Waals surface area contributed by atoms with Gasteiger partial charge in [-0.25, -0.2) is 0 Å². The van der Waals surface area contributed by atoms with Crippen molar-refractivity contribution in [3.8, 4) is 11.8 Å². The molecule has 0 bridgehead atoms. The third-order valence-corrected chi connectivity index (χ3v) is 3.98. The molecule has 3 aromatic rings. The molecule has 26 heavy (non-hydrogen) atoms. The van der Waals surface area contributed by atoms with E-state index in [0.717, 1.165) is 22.1 Å². The van der Waals surface area contributed by atoms with E-state index in [1.54, 1.807) is 30.3 Å². The molecule has 0 aliphatic rings. The number of hydrogen-bond acceptors (Lipinski definition) is 3. The number of benzene rings is 3. The van der Waals surface area contributed by atoms with Gasteiger partial charge in [-0.1, -0.05) is 60.7 Å². The Morgan fingerprint density at radius 1 is 0.962 bits per heavy atom. The molecule has 3 aromatic carbocycles. The highest BCUT2D eigenvalue weighted by molar-refractivity contribution is 6.14. The Hall–Kier alpha value is -3.38. The Morgan fingerprint density at radius 2 is 1.62 bits per heavy atom. The lowest BCUT2D eigenvalue weighted by molar-refractivity contribution is 0.104. The number of nitrogens with zero attached hydrogens (tertiary/aromatic N) is 1. The van der Waals surface area contributed by atoms with Gasteiger partial charge in [-0.2, -0.15) is 5.26 Å². The quantitative estimate of drug-likeness (QED) is 0.354.